The van der Waals surface area contributed by atoms with Crippen molar-refractivity contribution in [3.05, 3.63) is 88.0 Å². The summed E-state index contributed by atoms with van der Waals surface area (Å²) in [7, 11) is 0. The van der Waals surface area contributed by atoms with Gasteiger partial charge < -0.3 is 13.9 Å². The number of hydrogen-bond donors (Lipinski definition) is 0. The number of hydrogen-bond acceptors (Lipinski definition) is 4. The fourth-order valence-electron chi connectivity index (χ4n) is 3.15. The van der Waals surface area contributed by atoms with Crippen LogP contribution in [0.25, 0.3) is 10.8 Å². The molecule has 3 aromatic rings. The van der Waals surface area contributed by atoms with Crippen LogP contribution in [0.3, 0.4) is 0 Å². The van der Waals surface area contributed by atoms with Crippen LogP contribution in [-0.4, -0.2) is 13.2 Å². The minimum atomic E-state index is -0.777. The molecule has 2 aromatic carbocycles. The van der Waals surface area contributed by atoms with Gasteiger partial charge in [0.1, 0.15) is 23.6 Å². The van der Waals surface area contributed by atoms with Crippen LogP contribution in [0.2, 0.25) is 0 Å². The lowest BCUT2D eigenvalue weighted by atomic mass is 10.1. The summed E-state index contributed by atoms with van der Waals surface area (Å²) in [6.45, 7) is 6.30. The SMILES string of the molecule is C=CCOCCc1ccc(COc2ccc3cc(CCC)oc(=O)c3c2F)cc1F. The maximum absolute atomic E-state index is 14.8. The summed E-state index contributed by atoms with van der Waals surface area (Å²) in [6.07, 6.45) is 3.49. The highest BCUT2D eigenvalue weighted by atomic mass is 19.1. The molecule has 0 amide bonds. The predicted molar refractivity (Wildman–Crippen MR) is 112 cm³/mol. The van der Waals surface area contributed by atoms with Crippen molar-refractivity contribution >= 4 is 10.8 Å². The standard InChI is InChI=1S/C24H24F2O4/c1-3-5-19-14-18-8-9-21(23(26)22(18)24(27)30-19)29-15-16-6-7-17(20(25)13-16)10-12-28-11-4-2/h4,6-9,13-14H,2-3,5,10-12,15H2,1H3. The highest BCUT2D eigenvalue weighted by Gasteiger charge is 2.15. The zero-order valence-corrected chi connectivity index (χ0v) is 16.9. The van der Waals surface area contributed by atoms with Crippen molar-refractivity contribution in [1.29, 1.82) is 0 Å². The van der Waals surface area contributed by atoms with Gasteiger partial charge in [0.15, 0.2) is 11.6 Å². The first kappa shape index (κ1) is 21.7. The Morgan fingerprint density at radius 1 is 1.13 bits per heavy atom. The van der Waals surface area contributed by atoms with Crippen molar-refractivity contribution in [3.8, 4) is 5.75 Å². The first-order chi connectivity index (χ1) is 14.5. The molecule has 0 aliphatic carbocycles. The molecule has 3 rings (SSSR count). The Kier molecular flexibility index (Phi) is 7.36. The van der Waals surface area contributed by atoms with E-state index in [2.05, 4.69) is 6.58 Å². The van der Waals surface area contributed by atoms with Gasteiger partial charge in [-0.1, -0.05) is 31.2 Å². The molecule has 0 spiro atoms. The van der Waals surface area contributed by atoms with Gasteiger partial charge in [-0.25, -0.2) is 13.6 Å². The average Bonchev–Trinajstić information content (AvgIpc) is 2.72. The zero-order chi connectivity index (χ0) is 21.5. The highest BCUT2D eigenvalue weighted by Crippen LogP contribution is 2.26. The Morgan fingerprint density at radius 3 is 2.70 bits per heavy atom. The van der Waals surface area contributed by atoms with Crippen molar-refractivity contribution in [2.45, 2.75) is 32.8 Å². The Balaban J connectivity index is 1.72. The summed E-state index contributed by atoms with van der Waals surface area (Å²) < 4.78 is 45.1. The lowest BCUT2D eigenvalue weighted by molar-refractivity contribution is 0.165. The van der Waals surface area contributed by atoms with E-state index in [1.807, 2.05) is 6.92 Å². The number of aryl methyl sites for hydroxylation is 1. The van der Waals surface area contributed by atoms with Gasteiger partial charge in [-0.3, -0.25) is 0 Å². The molecule has 0 saturated carbocycles. The van der Waals surface area contributed by atoms with Gasteiger partial charge in [-0.15, -0.1) is 6.58 Å². The van der Waals surface area contributed by atoms with E-state index in [1.54, 1.807) is 30.3 Å². The average molecular weight is 414 g/mol. The normalized spacial score (nSPS) is 11.0. The molecule has 0 N–H and O–H groups in total. The Bertz CT molecular complexity index is 1090. The van der Waals surface area contributed by atoms with Gasteiger partial charge in [0.25, 0.3) is 0 Å². The van der Waals surface area contributed by atoms with E-state index >= 15 is 0 Å². The van der Waals surface area contributed by atoms with E-state index in [9.17, 15) is 13.6 Å². The first-order valence-electron chi connectivity index (χ1n) is 9.87. The van der Waals surface area contributed by atoms with Crippen molar-refractivity contribution in [3.63, 3.8) is 0 Å². The number of fused-ring (bicyclic) bond motifs is 1. The van der Waals surface area contributed by atoms with Crippen LogP contribution in [-0.2, 0) is 24.2 Å². The molecule has 4 nitrogen and oxygen atoms in total. The van der Waals surface area contributed by atoms with Crippen molar-refractivity contribution < 1.29 is 22.7 Å². The van der Waals surface area contributed by atoms with Gasteiger partial charge in [0.05, 0.1) is 13.2 Å². The van der Waals surface area contributed by atoms with Gasteiger partial charge in [-0.05, 0) is 47.6 Å². The van der Waals surface area contributed by atoms with Crippen molar-refractivity contribution in [2.24, 2.45) is 0 Å². The summed E-state index contributed by atoms with van der Waals surface area (Å²) in [5.41, 5.74) is 0.348. The van der Waals surface area contributed by atoms with Crippen LogP contribution in [0.5, 0.6) is 5.75 Å². The molecule has 0 unspecified atom stereocenters. The fourth-order valence-corrected chi connectivity index (χ4v) is 3.15. The first-order valence-corrected chi connectivity index (χ1v) is 9.87. The third-order valence-electron chi connectivity index (χ3n) is 4.64. The Hall–Kier alpha value is -2.99. The van der Waals surface area contributed by atoms with E-state index in [-0.39, 0.29) is 23.6 Å². The van der Waals surface area contributed by atoms with Crippen LogP contribution in [0.1, 0.15) is 30.2 Å². The molecule has 1 heterocycles. The van der Waals surface area contributed by atoms with E-state index in [0.717, 1.165) is 6.42 Å². The van der Waals surface area contributed by atoms with Gasteiger partial charge in [-0.2, -0.15) is 0 Å². The fraction of sp³-hybridized carbons (Fsp3) is 0.292. The minimum absolute atomic E-state index is 0.0359. The van der Waals surface area contributed by atoms with Crippen molar-refractivity contribution in [1.82, 2.24) is 0 Å². The second kappa shape index (κ2) is 10.2. The maximum Gasteiger partial charge on any atom is 0.346 e. The van der Waals surface area contributed by atoms with Crippen LogP contribution in [0.4, 0.5) is 8.78 Å². The van der Waals surface area contributed by atoms with Crippen LogP contribution in [0, 0.1) is 11.6 Å². The molecule has 0 atom stereocenters. The largest absolute Gasteiger partial charge is 0.486 e. The van der Waals surface area contributed by atoms with Crippen LogP contribution < -0.4 is 10.4 Å². The Labute approximate surface area is 173 Å². The smallest absolute Gasteiger partial charge is 0.346 e. The molecule has 158 valence electrons. The van der Waals surface area contributed by atoms with Crippen LogP contribution in [0.15, 0.2) is 58.3 Å². The molecule has 0 bridgehead atoms. The summed E-state index contributed by atoms with van der Waals surface area (Å²) in [5, 5.41) is 0.321. The zero-order valence-electron chi connectivity index (χ0n) is 16.9. The summed E-state index contributed by atoms with van der Waals surface area (Å²) >= 11 is 0. The molecule has 30 heavy (non-hydrogen) atoms. The summed E-state index contributed by atoms with van der Waals surface area (Å²) in [4.78, 5) is 12.2. The topological polar surface area (TPSA) is 48.7 Å². The van der Waals surface area contributed by atoms with E-state index < -0.39 is 11.4 Å². The number of halogens is 2. The van der Waals surface area contributed by atoms with Gasteiger partial charge >= 0.3 is 5.63 Å². The monoisotopic (exact) mass is 414 g/mol. The minimum Gasteiger partial charge on any atom is -0.486 e. The summed E-state index contributed by atoms with van der Waals surface area (Å²) in [5.74, 6) is -0.712. The molecule has 0 aliphatic rings. The molecule has 0 fully saturated rings. The predicted octanol–water partition coefficient (Wildman–Crippen LogP) is 5.35. The third-order valence-corrected chi connectivity index (χ3v) is 4.64. The second-order valence-electron chi connectivity index (χ2n) is 6.92. The van der Waals surface area contributed by atoms with E-state index in [1.165, 1.54) is 12.1 Å². The molecule has 0 saturated heterocycles. The Morgan fingerprint density at radius 2 is 1.97 bits per heavy atom. The molecule has 6 heteroatoms. The van der Waals surface area contributed by atoms with Crippen molar-refractivity contribution in [2.75, 3.05) is 13.2 Å². The molecular formula is C24H24F2O4. The van der Waals surface area contributed by atoms with E-state index in [4.69, 9.17) is 13.9 Å². The number of rotatable bonds is 10. The summed E-state index contributed by atoms with van der Waals surface area (Å²) in [6, 6.07) is 9.49. The molecular weight excluding hydrogens is 390 g/mol. The highest BCUT2D eigenvalue weighted by molar-refractivity contribution is 5.83. The molecule has 0 aliphatic heterocycles. The maximum atomic E-state index is 14.8. The quantitative estimate of drug-likeness (QED) is 0.332. The lowest BCUT2D eigenvalue weighted by Crippen LogP contribution is -2.07. The molecule has 1 aromatic heterocycles. The molecule has 0 radical (unpaired) electrons. The van der Waals surface area contributed by atoms with E-state index in [0.29, 0.717) is 48.3 Å². The van der Waals surface area contributed by atoms with Gasteiger partial charge in [0, 0.05) is 6.42 Å². The number of ether oxygens (including phenoxy) is 2. The van der Waals surface area contributed by atoms with Crippen LogP contribution >= 0.6 is 0 Å². The number of benzene rings is 2. The van der Waals surface area contributed by atoms with Gasteiger partial charge in [0.2, 0.25) is 0 Å². The third kappa shape index (κ3) is 5.13. The second-order valence-corrected chi connectivity index (χ2v) is 6.92. The lowest BCUT2D eigenvalue weighted by Gasteiger charge is -2.11.